The first-order chi connectivity index (χ1) is 16.7. The standard InChI is InChI=1S/C26H27FN6O2/c1-14(28)21-10-17(12-32-25(21)30)22-11-23(26(31)33-24(22)20-6-7-34-15(20)2)35-13-19(29)9-16-4-3-5-18(27)8-16/h3-8,10-12,19,28H,9,13,29H2,1-2H3,(H2,30,32)(H2,31,33). The number of benzene rings is 1. The number of hydrogen-bond acceptors (Lipinski definition) is 8. The van der Waals surface area contributed by atoms with Crippen molar-refractivity contribution in [3.8, 4) is 28.1 Å². The zero-order valence-electron chi connectivity index (χ0n) is 19.5. The van der Waals surface area contributed by atoms with Gasteiger partial charge in [0, 0.05) is 40.2 Å². The second-order valence-electron chi connectivity index (χ2n) is 8.35. The van der Waals surface area contributed by atoms with Crippen LogP contribution in [-0.2, 0) is 6.42 Å². The van der Waals surface area contributed by atoms with Crippen molar-refractivity contribution >= 4 is 17.3 Å². The number of aromatic nitrogens is 2. The summed E-state index contributed by atoms with van der Waals surface area (Å²) in [6, 6.07) is 11.3. The van der Waals surface area contributed by atoms with E-state index in [0.717, 1.165) is 11.1 Å². The summed E-state index contributed by atoms with van der Waals surface area (Å²) >= 11 is 0. The molecular formula is C26H27FN6O2. The summed E-state index contributed by atoms with van der Waals surface area (Å²) < 4.78 is 24.9. The number of pyridine rings is 2. The molecule has 1 unspecified atom stereocenters. The zero-order chi connectivity index (χ0) is 25.1. The third kappa shape index (κ3) is 5.30. The van der Waals surface area contributed by atoms with Crippen LogP contribution in [0.1, 0.15) is 23.8 Å². The maximum atomic E-state index is 13.5. The maximum absolute atomic E-state index is 13.5. The van der Waals surface area contributed by atoms with Gasteiger partial charge in [-0.1, -0.05) is 12.1 Å². The average Bonchev–Trinajstić information content (AvgIpc) is 3.24. The number of nitrogens with zero attached hydrogens (tertiary/aromatic N) is 2. The predicted molar refractivity (Wildman–Crippen MR) is 135 cm³/mol. The highest BCUT2D eigenvalue weighted by Crippen LogP contribution is 2.38. The number of hydrogen-bond donors (Lipinski definition) is 4. The number of furan rings is 1. The van der Waals surface area contributed by atoms with Crippen LogP contribution in [0.4, 0.5) is 16.0 Å². The van der Waals surface area contributed by atoms with Crippen molar-refractivity contribution in [1.82, 2.24) is 9.97 Å². The zero-order valence-corrected chi connectivity index (χ0v) is 19.5. The molecule has 180 valence electrons. The monoisotopic (exact) mass is 474 g/mol. The first-order valence-corrected chi connectivity index (χ1v) is 11.0. The van der Waals surface area contributed by atoms with Gasteiger partial charge >= 0.3 is 0 Å². The van der Waals surface area contributed by atoms with E-state index in [2.05, 4.69) is 9.97 Å². The van der Waals surface area contributed by atoms with Gasteiger partial charge in [0.1, 0.15) is 24.0 Å². The van der Waals surface area contributed by atoms with Crippen LogP contribution in [0.3, 0.4) is 0 Å². The summed E-state index contributed by atoms with van der Waals surface area (Å²) in [7, 11) is 0. The summed E-state index contributed by atoms with van der Waals surface area (Å²) in [5.41, 5.74) is 22.8. The van der Waals surface area contributed by atoms with Crippen molar-refractivity contribution in [3.63, 3.8) is 0 Å². The Morgan fingerprint density at radius 3 is 2.63 bits per heavy atom. The number of aryl methyl sites for hydroxylation is 1. The van der Waals surface area contributed by atoms with E-state index in [0.29, 0.717) is 46.0 Å². The van der Waals surface area contributed by atoms with Gasteiger partial charge in [-0.25, -0.2) is 14.4 Å². The van der Waals surface area contributed by atoms with Crippen molar-refractivity contribution in [2.75, 3.05) is 18.1 Å². The molecule has 8 nitrogen and oxygen atoms in total. The highest BCUT2D eigenvalue weighted by atomic mass is 19.1. The third-order valence-corrected chi connectivity index (χ3v) is 5.60. The molecule has 0 amide bonds. The lowest BCUT2D eigenvalue weighted by molar-refractivity contribution is 0.288. The molecule has 4 aromatic rings. The highest BCUT2D eigenvalue weighted by Gasteiger charge is 2.19. The fraction of sp³-hybridized carbons (Fsp3) is 0.192. The molecule has 0 spiro atoms. The highest BCUT2D eigenvalue weighted by molar-refractivity contribution is 6.01. The van der Waals surface area contributed by atoms with Crippen LogP contribution < -0.4 is 21.9 Å². The lowest BCUT2D eigenvalue weighted by atomic mass is 9.98. The average molecular weight is 475 g/mol. The summed E-state index contributed by atoms with van der Waals surface area (Å²) in [6.45, 7) is 3.63. The molecule has 4 rings (SSSR count). The molecule has 0 fully saturated rings. The van der Waals surface area contributed by atoms with Gasteiger partial charge in [0.2, 0.25) is 0 Å². The van der Waals surface area contributed by atoms with E-state index in [1.165, 1.54) is 12.1 Å². The Kier molecular flexibility index (Phi) is 6.79. The van der Waals surface area contributed by atoms with Gasteiger partial charge in [-0.15, -0.1) is 0 Å². The Bertz CT molecular complexity index is 1380. The van der Waals surface area contributed by atoms with E-state index in [1.54, 1.807) is 37.6 Å². The number of ether oxygens (including phenoxy) is 1. The molecule has 0 aliphatic heterocycles. The van der Waals surface area contributed by atoms with Crippen LogP contribution in [0.2, 0.25) is 0 Å². The van der Waals surface area contributed by atoms with E-state index >= 15 is 0 Å². The molecule has 0 aliphatic rings. The van der Waals surface area contributed by atoms with E-state index in [-0.39, 0.29) is 30.1 Å². The SMILES string of the molecule is CC(=N)c1cc(-c2cc(OCC(N)Cc3cccc(F)c3)c(N)nc2-c2ccoc2C)cnc1N. The Hall–Kier alpha value is -4.24. The van der Waals surface area contributed by atoms with Gasteiger partial charge in [0.15, 0.2) is 11.6 Å². The largest absolute Gasteiger partial charge is 0.488 e. The van der Waals surface area contributed by atoms with Crippen LogP contribution in [0, 0.1) is 18.2 Å². The van der Waals surface area contributed by atoms with Crippen LogP contribution in [0.25, 0.3) is 22.4 Å². The molecule has 9 heteroatoms. The van der Waals surface area contributed by atoms with Crippen molar-refractivity contribution in [3.05, 3.63) is 77.6 Å². The van der Waals surface area contributed by atoms with Crippen molar-refractivity contribution in [1.29, 1.82) is 5.41 Å². The second-order valence-corrected chi connectivity index (χ2v) is 8.35. The Balaban J connectivity index is 1.69. The summed E-state index contributed by atoms with van der Waals surface area (Å²) in [4.78, 5) is 8.88. The van der Waals surface area contributed by atoms with E-state index in [9.17, 15) is 4.39 Å². The van der Waals surface area contributed by atoms with Crippen molar-refractivity contribution in [2.24, 2.45) is 5.73 Å². The fourth-order valence-corrected chi connectivity index (χ4v) is 3.83. The third-order valence-electron chi connectivity index (χ3n) is 5.60. The number of nitrogen functional groups attached to an aromatic ring is 2. The number of anilines is 2. The Morgan fingerprint density at radius 1 is 1.14 bits per heavy atom. The first-order valence-electron chi connectivity index (χ1n) is 11.0. The maximum Gasteiger partial charge on any atom is 0.166 e. The minimum absolute atomic E-state index is 0.150. The van der Waals surface area contributed by atoms with Gasteiger partial charge in [-0.05, 0) is 56.2 Å². The van der Waals surface area contributed by atoms with E-state index in [4.69, 9.17) is 31.8 Å². The van der Waals surface area contributed by atoms with E-state index < -0.39 is 0 Å². The lowest BCUT2D eigenvalue weighted by Crippen LogP contribution is -2.30. The number of nitrogens with one attached hydrogen (secondary N) is 1. The minimum atomic E-state index is -0.388. The predicted octanol–water partition coefficient (Wildman–Crippen LogP) is 4.35. The number of rotatable bonds is 8. The first kappa shape index (κ1) is 23.9. The van der Waals surface area contributed by atoms with Crippen LogP contribution in [0.5, 0.6) is 5.75 Å². The molecular weight excluding hydrogens is 447 g/mol. The summed E-state index contributed by atoms with van der Waals surface area (Å²) in [5, 5.41) is 8.02. The smallest absolute Gasteiger partial charge is 0.166 e. The fourth-order valence-electron chi connectivity index (χ4n) is 3.83. The van der Waals surface area contributed by atoms with Gasteiger partial charge in [0.25, 0.3) is 0 Å². The lowest BCUT2D eigenvalue weighted by Gasteiger charge is -2.17. The Morgan fingerprint density at radius 2 is 1.94 bits per heavy atom. The normalized spacial score (nSPS) is 11.9. The molecule has 3 heterocycles. The topological polar surface area (TPSA) is 150 Å². The Labute approximate surface area is 202 Å². The van der Waals surface area contributed by atoms with Crippen molar-refractivity contribution in [2.45, 2.75) is 26.3 Å². The molecule has 35 heavy (non-hydrogen) atoms. The van der Waals surface area contributed by atoms with E-state index in [1.807, 2.05) is 19.1 Å². The molecule has 0 radical (unpaired) electrons. The molecule has 7 N–H and O–H groups in total. The quantitative estimate of drug-likeness (QED) is 0.277. The number of halogens is 1. The van der Waals surface area contributed by atoms with Gasteiger partial charge in [0.05, 0.1) is 12.0 Å². The molecule has 0 aliphatic carbocycles. The second kappa shape index (κ2) is 9.94. The summed E-state index contributed by atoms with van der Waals surface area (Å²) in [5.74, 6) is 1.18. The van der Waals surface area contributed by atoms with Crippen LogP contribution in [-0.4, -0.2) is 28.3 Å². The molecule has 1 atom stereocenters. The summed E-state index contributed by atoms with van der Waals surface area (Å²) in [6.07, 6.45) is 3.64. The van der Waals surface area contributed by atoms with Gasteiger partial charge < -0.3 is 31.8 Å². The number of nitrogens with two attached hydrogens (primary N) is 3. The molecule has 0 saturated heterocycles. The van der Waals surface area contributed by atoms with Gasteiger partial charge in [-0.3, -0.25) is 0 Å². The minimum Gasteiger partial charge on any atom is -0.488 e. The molecule has 3 aromatic heterocycles. The van der Waals surface area contributed by atoms with Gasteiger partial charge in [-0.2, -0.15) is 0 Å². The van der Waals surface area contributed by atoms with Crippen molar-refractivity contribution < 1.29 is 13.5 Å². The molecule has 1 aromatic carbocycles. The van der Waals surface area contributed by atoms with Crippen LogP contribution in [0.15, 0.2) is 59.3 Å². The molecule has 0 saturated carbocycles. The van der Waals surface area contributed by atoms with Crippen LogP contribution >= 0.6 is 0 Å². The molecule has 0 bridgehead atoms.